The number of carbonyl (C=O) groups is 1. The second-order valence-electron chi connectivity index (χ2n) is 4.99. The molecule has 2 aromatic rings. The normalized spacial score (nSPS) is 16.5. The zero-order valence-corrected chi connectivity index (χ0v) is 15.2. The first-order chi connectivity index (χ1) is 11.0. The SMILES string of the molecule is Cc1ccc(N2C(=O)C(=Cc3c(Cl)cccc3Cl)SC2=S)cc1. The number of hydrogen-bond donors (Lipinski definition) is 0. The molecule has 23 heavy (non-hydrogen) atoms. The zero-order chi connectivity index (χ0) is 16.6. The summed E-state index contributed by atoms with van der Waals surface area (Å²) in [6.07, 6.45) is 1.69. The van der Waals surface area contributed by atoms with Gasteiger partial charge < -0.3 is 0 Å². The van der Waals surface area contributed by atoms with Gasteiger partial charge in [-0.3, -0.25) is 9.69 Å². The Bertz CT molecular complexity index is 811. The van der Waals surface area contributed by atoms with Crippen molar-refractivity contribution in [3.63, 3.8) is 0 Å². The van der Waals surface area contributed by atoms with E-state index in [0.717, 1.165) is 11.3 Å². The molecule has 1 amide bonds. The minimum Gasteiger partial charge on any atom is -0.268 e. The standard InChI is InChI=1S/C17H11Cl2NOS2/c1-10-5-7-11(8-6-10)20-16(21)15(23-17(20)22)9-12-13(18)3-2-4-14(12)19/h2-9H,1H3. The van der Waals surface area contributed by atoms with E-state index in [1.807, 2.05) is 31.2 Å². The number of thioether (sulfide) groups is 1. The van der Waals surface area contributed by atoms with Crippen LogP contribution in [0.4, 0.5) is 5.69 Å². The Kier molecular flexibility index (Phi) is 4.78. The fraction of sp³-hybridized carbons (Fsp3) is 0.0588. The number of amides is 1. The summed E-state index contributed by atoms with van der Waals surface area (Å²) in [6, 6.07) is 12.9. The smallest absolute Gasteiger partial charge is 0.268 e. The Hall–Kier alpha value is -1.33. The molecular formula is C17H11Cl2NOS2. The predicted octanol–water partition coefficient (Wildman–Crippen LogP) is 5.71. The van der Waals surface area contributed by atoms with Gasteiger partial charge in [0, 0.05) is 15.6 Å². The molecule has 1 heterocycles. The first kappa shape index (κ1) is 16.5. The molecule has 2 aromatic carbocycles. The van der Waals surface area contributed by atoms with Crippen LogP contribution >= 0.6 is 47.2 Å². The van der Waals surface area contributed by atoms with Gasteiger partial charge in [0.05, 0.1) is 10.6 Å². The average molecular weight is 380 g/mol. The Morgan fingerprint density at radius 2 is 1.70 bits per heavy atom. The number of rotatable bonds is 2. The van der Waals surface area contributed by atoms with E-state index in [2.05, 4.69) is 0 Å². The Morgan fingerprint density at radius 3 is 2.30 bits per heavy atom. The number of nitrogens with zero attached hydrogens (tertiary/aromatic N) is 1. The quantitative estimate of drug-likeness (QED) is 0.492. The minimum atomic E-state index is -0.167. The summed E-state index contributed by atoms with van der Waals surface area (Å²) in [5, 5.41) is 0.996. The molecule has 1 aliphatic heterocycles. The van der Waals surface area contributed by atoms with E-state index < -0.39 is 0 Å². The number of hydrogen-bond acceptors (Lipinski definition) is 3. The summed E-state index contributed by atoms with van der Waals surface area (Å²) in [6.45, 7) is 1.99. The van der Waals surface area contributed by atoms with Crippen LogP contribution in [0, 0.1) is 6.92 Å². The van der Waals surface area contributed by atoms with Crippen LogP contribution in [0.25, 0.3) is 6.08 Å². The minimum absolute atomic E-state index is 0.167. The zero-order valence-electron chi connectivity index (χ0n) is 12.0. The number of halogens is 2. The van der Waals surface area contributed by atoms with Crippen molar-refractivity contribution in [1.82, 2.24) is 0 Å². The molecule has 0 atom stereocenters. The number of thiocarbonyl (C=S) groups is 1. The summed E-state index contributed by atoms with van der Waals surface area (Å²) in [5.74, 6) is -0.167. The lowest BCUT2D eigenvalue weighted by atomic mass is 10.2. The topological polar surface area (TPSA) is 20.3 Å². The lowest BCUT2D eigenvalue weighted by Crippen LogP contribution is -2.27. The lowest BCUT2D eigenvalue weighted by molar-refractivity contribution is -0.113. The van der Waals surface area contributed by atoms with Gasteiger partial charge in [-0.1, -0.05) is 70.9 Å². The predicted molar refractivity (Wildman–Crippen MR) is 103 cm³/mol. The fourth-order valence-corrected chi connectivity index (χ4v) is 3.95. The summed E-state index contributed by atoms with van der Waals surface area (Å²) < 4.78 is 0.494. The highest BCUT2D eigenvalue weighted by molar-refractivity contribution is 8.27. The third kappa shape index (κ3) is 3.31. The Morgan fingerprint density at radius 1 is 1.09 bits per heavy atom. The van der Waals surface area contributed by atoms with E-state index in [-0.39, 0.29) is 5.91 Å². The molecule has 0 radical (unpaired) electrons. The van der Waals surface area contributed by atoms with Gasteiger partial charge >= 0.3 is 0 Å². The second-order valence-corrected chi connectivity index (χ2v) is 7.48. The maximum atomic E-state index is 12.7. The van der Waals surface area contributed by atoms with E-state index in [9.17, 15) is 4.79 Å². The van der Waals surface area contributed by atoms with Gasteiger partial charge in [0.15, 0.2) is 4.32 Å². The van der Waals surface area contributed by atoms with Gasteiger partial charge in [0.25, 0.3) is 5.91 Å². The molecule has 0 saturated carbocycles. The maximum Gasteiger partial charge on any atom is 0.270 e. The highest BCUT2D eigenvalue weighted by Crippen LogP contribution is 2.38. The van der Waals surface area contributed by atoms with E-state index in [4.69, 9.17) is 35.4 Å². The van der Waals surface area contributed by atoms with Gasteiger partial charge in [0.2, 0.25) is 0 Å². The molecule has 1 saturated heterocycles. The number of carbonyl (C=O) groups excluding carboxylic acids is 1. The van der Waals surface area contributed by atoms with Crippen LogP contribution < -0.4 is 4.90 Å². The van der Waals surface area contributed by atoms with Gasteiger partial charge in [-0.2, -0.15) is 0 Å². The van der Waals surface area contributed by atoms with Gasteiger partial charge in [0.1, 0.15) is 0 Å². The van der Waals surface area contributed by atoms with Crippen LogP contribution in [0.3, 0.4) is 0 Å². The molecule has 0 aromatic heterocycles. The first-order valence-corrected chi connectivity index (χ1v) is 8.74. The first-order valence-electron chi connectivity index (χ1n) is 6.76. The largest absolute Gasteiger partial charge is 0.270 e. The van der Waals surface area contributed by atoms with Crippen molar-refractivity contribution in [1.29, 1.82) is 0 Å². The molecule has 3 rings (SSSR count). The molecule has 1 aliphatic rings. The van der Waals surface area contributed by atoms with Crippen molar-refractivity contribution >= 4 is 69.2 Å². The molecule has 2 nitrogen and oxygen atoms in total. The molecule has 0 N–H and O–H groups in total. The molecule has 6 heteroatoms. The molecular weight excluding hydrogens is 369 g/mol. The van der Waals surface area contributed by atoms with Crippen molar-refractivity contribution < 1.29 is 4.79 Å². The van der Waals surface area contributed by atoms with E-state index in [0.29, 0.717) is 24.8 Å². The van der Waals surface area contributed by atoms with Crippen LogP contribution in [0.15, 0.2) is 47.4 Å². The lowest BCUT2D eigenvalue weighted by Gasteiger charge is -2.14. The van der Waals surface area contributed by atoms with Crippen LogP contribution in [-0.4, -0.2) is 10.2 Å². The Balaban J connectivity index is 1.98. The van der Waals surface area contributed by atoms with Crippen molar-refractivity contribution in [3.05, 3.63) is 68.5 Å². The third-order valence-electron chi connectivity index (χ3n) is 3.36. The molecule has 0 unspecified atom stereocenters. The second kappa shape index (κ2) is 6.65. The van der Waals surface area contributed by atoms with Crippen molar-refractivity contribution in [2.75, 3.05) is 4.90 Å². The molecule has 0 spiro atoms. The van der Waals surface area contributed by atoms with Crippen molar-refractivity contribution in [2.45, 2.75) is 6.92 Å². The van der Waals surface area contributed by atoms with Gasteiger partial charge in [-0.25, -0.2) is 0 Å². The van der Waals surface area contributed by atoms with Crippen LogP contribution in [-0.2, 0) is 4.79 Å². The van der Waals surface area contributed by atoms with Crippen LogP contribution in [0.5, 0.6) is 0 Å². The molecule has 1 fully saturated rings. The van der Waals surface area contributed by atoms with E-state index in [1.165, 1.54) is 16.7 Å². The molecule has 0 bridgehead atoms. The fourth-order valence-electron chi connectivity index (χ4n) is 2.16. The average Bonchev–Trinajstić information content (AvgIpc) is 2.79. The van der Waals surface area contributed by atoms with Crippen molar-refractivity contribution in [2.24, 2.45) is 0 Å². The van der Waals surface area contributed by atoms with Crippen LogP contribution in [0.1, 0.15) is 11.1 Å². The highest BCUT2D eigenvalue weighted by Gasteiger charge is 2.33. The highest BCUT2D eigenvalue weighted by atomic mass is 35.5. The van der Waals surface area contributed by atoms with Gasteiger partial charge in [-0.05, 0) is 37.3 Å². The van der Waals surface area contributed by atoms with Gasteiger partial charge in [-0.15, -0.1) is 0 Å². The number of aryl methyl sites for hydroxylation is 1. The number of benzene rings is 2. The summed E-state index contributed by atoms with van der Waals surface area (Å²) >= 11 is 18.9. The molecule has 116 valence electrons. The third-order valence-corrected chi connectivity index (χ3v) is 5.32. The van der Waals surface area contributed by atoms with Crippen LogP contribution in [0.2, 0.25) is 10.0 Å². The van der Waals surface area contributed by atoms with Crippen molar-refractivity contribution in [3.8, 4) is 0 Å². The summed E-state index contributed by atoms with van der Waals surface area (Å²) in [4.78, 5) is 14.7. The van der Waals surface area contributed by atoms with E-state index in [1.54, 1.807) is 24.3 Å². The number of anilines is 1. The maximum absolute atomic E-state index is 12.7. The Labute approximate surface area is 154 Å². The van der Waals surface area contributed by atoms with E-state index >= 15 is 0 Å². The summed E-state index contributed by atoms with van der Waals surface area (Å²) in [5.41, 5.74) is 2.50. The monoisotopic (exact) mass is 379 g/mol. The molecule has 0 aliphatic carbocycles. The summed E-state index contributed by atoms with van der Waals surface area (Å²) in [7, 11) is 0.